The third-order valence-corrected chi connectivity index (χ3v) is 0.464. The Kier molecular flexibility index (Phi) is 6.14. The van der Waals surface area contributed by atoms with Gasteiger partial charge in [0.05, 0.1) is 12.1 Å². The fraction of sp³-hybridized carbons (Fsp3) is 0.500. The minimum Gasteiger partial charge on any atom is -0.376 e. The average molecular weight is 152 g/mol. The predicted octanol–water partition coefficient (Wildman–Crippen LogP) is 1.37. The van der Waals surface area contributed by atoms with Gasteiger partial charge in [0.2, 0.25) is 0 Å². The maximum Gasteiger partial charge on any atom is 0.145 e. The SMILES string of the molecule is C=C(C)C#N.CC(C)(O)C#N. The molecule has 3 heteroatoms. The van der Waals surface area contributed by atoms with Crippen LogP contribution in [0.15, 0.2) is 12.2 Å². The van der Waals surface area contributed by atoms with Gasteiger partial charge < -0.3 is 5.11 Å². The standard InChI is InChI=1S/C4H7NO.C4H5N/c1-4(2,6)3-5;1-4(2)3-5/h6H,1-2H3;1H2,2H3. The summed E-state index contributed by atoms with van der Waals surface area (Å²) < 4.78 is 0. The van der Waals surface area contributed by atoms with Crippen molar-refractivity contribution < 1.29 is 5.11 Å². The van der Waals surface area contributed by atoms with Gasteiger partial charge in [0.15, 0.2) is 0 Å². The van der Waals surface area contributed by atoms with Crippen molar-refractivity contribution >= 4 is 0 Å². The zero-order valence-corrected chi connectivity index (χ0v) is 7.05. The maximum absolute atomic E-state index is 8.47. The molecule has 0 aromatic rings. The molecule has 0 atom stereocenters. The molecule has 60 valence electrons. The van der Waals surface area contributed by atoms with Crippen LogP contribution in [0.1, 0.15) is 20.8 Å². The summed E-state index contributed by atoms with van der Waals surface area (Å²) in [4.78, 5) is 0. The second kappa shape index (κ2) is 5.46. The fourth-order valence-electron chi connectivity index (χ4n) is 0. The summed E-state index contributed by atoms with van der Waals surface area (Å²) in [6.45, 7) is 7.85. The van der Waals surface area contributed by atoms with Gasteiger partial charge in [-0.15, -0.1) is 0 Å². The van der Waals surface area contributed by atoms with Crippen LogP contribution in [0.3, 0.4) is 0 Å². The van der Waals surface area contributed by atoms with Crippen molar-refractivity contribution in [2.75, 3.05) is 0 Å². The highest BCUT2D eigenvalue weighted by Gasteiger charge is 2.07. The molecule has 3 nitrogen and oxygen atoms in total. The molecule has 0 saturated carbocycles. The summed E-state index contributed by atoms with van der Waals surface area (Å²) in [5.74, 6) is 0. The summed E-state index contributed by atoms with van der Waals surface area (Å²) >= 11 is 0. The lowest BCUT2D eigenvalue weighted by Crippen LogP contribution is -2.13. The molecule has 0 aliphatic carbocycles. The topological polar surface area (TPSA) is 67.8 Å². The van der Waals surface area contributed by atoms with Gasteiger partial charge in [-0.2, -0.15) is 10.5 Å². The molecule has 0 saturated heterocycles. The molecule has 0 amide bonds. The van der Waals surface area contributed by atoms with Gasteiger partial charge in [0.25, 0.3) is 0 Å². The number of nitriles is 2. The Labute approximate surface area is 67.2 Å². The van der Waals surface area contributed by atoms with Crippen molar-refractivity contribution in [3.05, 3.63) is 12.2 Å². The van der Waals surface area contributed by atoms with Gasteiger partial charge in [0, 0.05) is 5.57 Å². The lowest BCUT2D eigenvalue weighted by Gasteiger charge is -2.00. The van der Waals surface area contributed by atoms with E-state index < -0.39 is 5.60 Å². The van der Waals surface area contributed by atoms with E-state index in [0.29, 0.717) is 5.57 Å². The first-order valence-corrected chi connectivity index (χ1v) is 3.02. The molecule has 0 unspecified atom stereocenters. The smallest absolute Gasteiger partial charge is 0.145 e. The summed E-state index contributed by atoms with van der Waals surface area (Å²) in [6.07, 6.45) is 0. The van der Waals surface area contributed by atoms with E-state index in [4.69, 9.17) is 15.6 Å². The normalized spacial score (nSPS) is 8.18. The number of hydrogen-bond donors (Lipinski definition) is 1. The summed E-state index contributed by atoms with van der Waals surface area (Å²) in [5, 5.41) is 24.2. The molecular weight excluding hydrogens is 140 g/mol. The van der Waals surface area contributed by atoms with Crippen LogP contribution >= 0.6 is 0 Å². The zero-order chi connectivity index (χ0) is 9.49. The molecule has 0 aliphatic heterocycles. The van der Waals surface area contributed by atoms with E-state index in [1.165, 1.54) is 13.8 Å². The van der Waals surface area contributed by atoms with Crippen LogP contribution in [0.4, 0.5) is 0 Å². The Morgan fingerprint density at radius 2 is 1.64 bits per heavy atom. The Morgan fingerprint density at radius 1 is 1.45 bits per heavy atom. The van der Waals surface area contributed by atoms with E-state index in [-0.39, 0.29) is 0 Å². The van der Waals surface area contributed by atoms with Gasteiger partial charge in [-0.25, -0.2) is 0 Å². The minimum absolute atomic E-state index is 0.560. The molecule has 0 fully saturated rings. The Hall–Kier alpha value is -1.32. The molecule has 0 aromatic heterocycles. The molecular formula is C8H12N2O. The molecule has 0 heterocycles. The lowest BCUT2D eigenvalue weighted by atomic mass is 10.2. The van der Waals surface area contributed by atoms with E-state index in [1.807, 2.05) is 6.07 Å². The zero-order valence-electron chi connectivity index (χ0n) is 7.05. The Morgan fingerprint density at radius 3 is 1.64 bits per heavy atom. The Balaban J connectivity index is 0. The van der Waals surface area contributed by atoms with Gasteiger partial charge in [-0.3, -0.25) is 0 Å². The van der Waals surface area contributed by atoms with Crippen LogP contribution < -0.4 is 0 Å². The third kappa shape index (κ3) is 28.6. The second-order valence-corrected chi connectivity index (χ2v) is 2.56. The monoisotopic (exact) mass is 152 g/mol. The molecule has 0 radical (unpaired) electrons. The van der Waals surface area contributed by atoms with Gasteiger partial charge in [0.1, 0.15) is 5.60 Å². The van der Waals surface area contributed by atoms with Crippen molar-refractivity contribution in [1.82, 2.24) is 0 Å². The maximum atomic E-state index is 8.47. The van der Waals surface area contributed by atoms with Gasteiger partial charge in [-0.1, -0.05) is 6.58 Å². The largest absolute Gasteiger partial charge is 0.376 e. The molecule has 0 bridgehead atoms. The van der Waals surface area contributed by atoms with Crippen LogP contribution in [0.2, 0.25) is 0 Å². The first kappa shape index (κ1) is 12.4. The van der Waals surface area contributed by atoms with Crippen molar-refractivity contribution in [3.8, 4) is 12.1 Å². The first-order valence-electron chi connectivity index (χ1n) is 3.02. The molecule has 11 heavy (non-hydrogen) atoms. The minimum atomic E-state index is -1.15. The van der Waals surface area contributed by atoms with Gasteiger partial charge >= 0.3 is 0 Å². The number of allylic oxidation sites excluding steroid dienone is 1. The van der Waals surface area contributed by atoms with E-state index in [9.17, 15) is 0 Å². The molecule has 1 N–H and O–H groups in total. The highest BCUT2D eigenvalue weighted by molar-refractivity contribution is 5.11. The predicted molar refractivity (Wildman–Crippen MR) is 42.3 cm³/mol. The van der Waals surface area contributed by atoms with Crippen molar-refractivity contribution in [2.24, 2.45) is 0 Å². The highest BCUT2D eigenvalue weighted by Crippen LogP contribution is 1.93. The van der Waals surface area contributed by atoms with Crippen LogP contribution in [0.5, 0.6) is 0 Å². The van der Waals surface area contributed by atoms with E-state index in [0.717, 1.165) is 0 Å². The van der Waals surface area contributed by atoms with Crippen molar-refractivity contribution in [1.29, 1.82) is 10.5 Å². The summed E-state index contributed by atoms with van der Waals surface area (Å²) in [5.41, 5.74) is -0.593. The molecule has 0 spiro atoms. The third-order valence-electron chi connectivity index (χ3n) is 0.464. The Bertz CT molecular complexity index is 200. The molecule has 0 rings (SSSR count). The highest BCUT2D eigenvalue weighted by atomic mass is 16.3. The van der Waals surface area contributed by atoms with Gasteiger partial charge in [-0.05, 0) is 20.8 Å². The number of hydrogen-bond acceptors (Lipinski definition) is 3. The first-order chi connectivity index (χ1) is 4.83. The van der Waals surface area contributed by atoms with Crippen LogP contribution in [0.25, 0.3) is 0 Å². The number of nitrogens with zero attached hydrogens (tertiary/aromatic N) is 2. The van der Waals surface area contributed by atoms with Crippen LogP contribution in [0, 0.1) is 22.7 Å². The second-order valence-electron chi connectivity index (χ2n) is 2.56. The molecule has 0 aliphatic rings. The van der Waals surface area contributed by atoms with Crippen molar-refractivity contribution in [3.63, 3.8) is 0 Å². The summed E-state index contributed by atoms with van der Waals surface area (Å²) in [6, 6.07) is 3.49. The molecule has 0 aromatic carbocycles. The van der Waals surface area contributed by atoms with E-state index in [2.05, 4.69) is 6.58 Å². The number of rotatable bonds is 0. The number of aliphatic hydroxyl groups is 1. The quantitative estimate of drug-likeness (QED) is 0.421. The van der Waals surface area contributed by atoms with Crippen LogP contribution in [-0.2, 0) is 0 Å². The van der Waals surface area contributed by atoms with E-state index >= 15 is 0 Å². The van der Waals surface area contributed by atoms with E-state index in [1.54, 1.807) is 13.0 Å². The summed E-state index contributed by atoms with van der Waals surface area (Å²) in [7, 11) is 0. The van der Waals surface area contributed by atoms with Crippen molar-refractivity contribution in [2.45, 2.75) is 26.4 Å². The fourth-order valence-corrected chi connectivity index (χ4v) is 0. The average Bonchev–Trinajstić information content (AvgIpc) is 1.88. The lowest BCUT2D eigenvalue weighted by molar-refractivity contribution is 0.141. The van der Waals surface area contributed by atoms with Crippen LogP contribution in [-0.4, -0.2) is 10.7 Å².